The van der Waals surface area contributed by atoms with E-state index in [0.717, 1.165) is 42.4 Å². The molecule has 5 heteroatoms. The van der Waals surface area contributed by atoms with E-state index < -0.39 is 0 Å². The van der Waals surface area contributed by atoms with E-state index in [9.17, 15) is 0 Å². The zero-order valence-corrected chi connectivity index (χ0v) is 12.3. The van der Waals surface area contributed by atoms with Gasteiger partial charge in [-0.3, -0.25) is 4.98 Å². The largest absolute Gasteiger partial charge is 0.366 e. The van der Waals surface area contributed by atoms with Gasteiger partial charge in [-0.1, -0.05) is 6.92 Å². The number of anilines is 1. The van der Waals surface area contributed by atoms with Crippen LogP contribution in [0.3, 0.4) is 0 Å². The number of hydrogen-bond acceptors (Lipinski definition) is 5. The predicted octanol–water partition coefficient (Wildman–Crippen LogP) is 2.26. The first-order valence-electron chi connectivity index (χ1n) is 7.61. The average Bonchev–Trinajstić information content (AvgIpc) is 2.56. The number of hydrogen-bond donors (Lipinski definition) is 2. The number of nitrogens with one attached hydrogen (secondary N) is 2. The van der Waals surface area contributed by atoms with Crippen LogP contribution in [0.15, 0.2) is 30.6 Å². The number of nitrogens with zero attached hydrogens (tertiary/aromatic N) is 3. The third-order valence-electron chi connectivity index (χ3n) is 3.71. The van der Waals surface area contributed by atoms with E-state index in [1.807, 2.05) is 12.1 Å². The molecule has 1 saturated heterocycles. The van der Waals surface area contributed by atoms with Gasteiger partial charge in [0.25, 0.3) is 0 Å². The molecule has 21 heavy (non-hydrogen) atoms. The van der Waals surface area contributed by atoms with Crippen molar-refractivity contribution in [2.75, 3.05) is 18.4 Å². The van der Waals surface area contributed by atoms with Gasteiger partial charge in [0.2, 0.25) is 0 Å². The summed E-state index contributed by atoms with van der Waals surface area (Å²) in [5.41, 5.74) is 2.01. The maximum absolute atomic E-state index is 4.66. The third-order valence-corrected chi connectivity index (χ3v) is 3.71. The third kappa shape index (κ3) is 3.55. The van der Waals surface area contributed by atoms with Gasteiger partial charge in [0.1, 0.15) is 5.82 Å². The molecule has 2 N–H and O–H groups in total. The van der Waals surface area contributed by atoms with Crippen LogP contribution in [0.25, 0.3) is 11.4 Å². The number of pyridine rings is 1. The van der Waals surface area contributed by atoms with Gasteiger partial charge in [0.15, 0.2) is 5.82 Å². The van der Waals surface area contributed by atoms with Crippen LogP contribution >= 0.6 is 0 Å². The summed E-state index contributed by atoms with van der Waals surface area (Å²) >= 11 is 0. The molecule has 0 spiro atoms. The normalized spacial score (nSPS) is 18.4. The molecule has 5 nitrogen and oxygen atoms in total. The second-order valence-electron chi connectivity index (χ2n) is 5.35. The minimum atomic E-state index is 0.445. The molecule has 2 aromatic heterocycles. The van der Waals surface area contributed by atoms with E-state index in [0.29, 0.717) is 6.04 Å². The van der Waals surface area contributed by atoms with Crippen molar-refractivity contribution in [1.29, 1.82) is 0 Å². The first-order valence-corrected chi connectivity index (χ1v) is 7.61. The van der Waals surface area contributed by atoms with E-state index in [1.54, 1.807) is 12.4 Å². The molecule has 0 bridgehead atoms. The molecule has 0 radical (unpaired) electrons. The first-order chi connectivity index (χ1) is 10.3. The smallest absolute Gasteiger partial charge is 0.163 e. The Balaban J connectivity index is 1.86. The molecule has 110 valence electrons. The molecular weight excluding hydrogens is 262 g/mol. The van der Waals surface area contributed by atoms with Crippen LogP contribution < -0.4 is 10.6 Å². The Kier molecular flexibility index (Phi) is 4.40. The maximum Gasteiger partial charge on any atom is 0.163 e. The lowest BCUT2D eigenvalue weighted by molar-refractivity contribution is 0.479. The van der Waals surface area contributed by atoms with E-state index in [-0.39, 0.29) is 0 Å². The summed E-state index contributed by atoms with van der Waals surface area (Å²) in [6, 6.07) is 6.40. The quantitative estimate of drug-likeness (QED) is 0.901. The Hall–Kier alpha value is -2.01. The number of aryl methyl sites for hydroxylation is 1. The number of rotatable bonds is 4. The van der Waals surface area contributed by atoms with Gasteiger partial charge in [-0.05, 0) is 37.9 Å². The highest BCUT2D eigenvalue weighted by atomic mass is 15.1. The van der Waals surface area contributed by atoms with Gasteiger partial charge in [-0.25, -0.2) is 9.97 Å². The molecular formula is C16H21N5. The fourth-order valence-electron chi connectivity index (χ4n) is 2.56. The summed E-state index contributed by atoms with van der Waals surface area (Å²) in [4.78, 5) is 13.4. The van der Waals surface area contributed by atoms with Crippen LogP contribution in [0.4, 0.5) is 5.82 Å². The highest BCUT2D eigenvalue weighted by molar-refractivity contribution is 5.56. The van der Waals surface area contributed by atoms with Gasteiger partial charge < -0.3 is 10.6 Å². The fourth-order valence-corrected chi connectivity index (χ4v) is 2.56. The Morgan fingerprint density at radius 1 is 1.38 bits per heavy atom. The van der Waals surface area contributed by atoms with Gasteiger partial charge >= 0.3 is 0 Å². The SMILES string of the molecule is CCc1cc(NC2CCCNC2)nc(-c2cccnc2)n1. The summed E-state index contributed by atoms with van der Waals surface area (Å²) < 4.78 is 0. The Bertz CT molecular complexity index is 578. The Labute approximate surface area is 125 Å². The van der Waals surface area contributed by atoms with Crippen molar-refractivity contribution in [1.82, 2.24) is 20.3 Å². The van der Waals surface area contributed by atoms with Crippen LogP contribution in [-0.2, 0) is 6.42 Å². The summed E-state index contributed by atoms with van der Waals surface area (Å²) in [5.74, 6) is 1.66. The lowest BCUT2D eigenvalue weighted by atomic mass is 10.1. The predicted molar refractivity (Wildman–Crippen MR) is 84.2 cm³/mol. The van der Waals surface area contributed by atoms with Crippen molar-refractivity contribution in [3.05, 3.63) is 36.3 Å². The molecule has 0 saturated carbocycles. The van der Waals surface area contributed by atoms with Crippen molar-refractivity contribution < 1.29 is 0 Å². The standard InChI is InChI=1S/C16H21N5/c1-2-13-9-15(19-14-6-4-8-18-11-14)21-16(20-13)12-5-3-7-17-10-12/h3,5,7,9-10,14,18H,2,4,6,8,11H2,1H3,(H,19,20,21). The van der Waals surface area contributed by atoms with E-state index in [4.69, 9.17) is 0 Å². The zero-order chi connectivity index (χ0) is 14.5. The van der Waals surface area contributed by atoms with E-state index >= 15 is 0 Å². The highest BCUT2D eigenvalue weighted by Crippen LogP contribution is 2.18. The van der Waals surface area contributed by atoms with E-state index in [2.05, 4.69) is 38.6 Å². The summed E-state index contributed by atoms with van der Waals surface area (Å²) in [6.45, 7) is 4.22. The topological polar surface area (TPSA) is 62.7 Å². The minimum absolute atomic E-state index is 0.445. The highest BCUT2D eigenvalue weighted by Gasteiger charge is 2.14. The molecule has 0 aliphatic carbocycles. The van der Waals surface area contributed by atoms with Crippen molar-refractivity contribution in [3.8, 4) is 11.4 Å². The van der Waals surface area contributed by atoms with Crippen LogP contribution in [0, 0.1) is 0 Å². The molecule has 0 aromatic carbocycles. The van der Waals surface area contributed by atoms with Gasteiger partial charge in [-0.2, -0.15) is 0 Å². The van der Waals surface area contributed by atoms with E-state index in [1.165, 1.54) is 12.8 Å². The minimum Gasteiger partial charge on any atom is -0.366 e. The Morgan fingerprint density at radius 3 is 3.05 bits per heavy atom. The van der Waals surface area contributed by atoms with Crippen molar-refractivity contribution in [2.24, 2.45) is 0 Å². The monoisotopic (exact) mass is 283 g/mol. The molecule has 1 atom stereocenters. The fraction of sp³-hybridized carbons (Fsp3) is 0.438. The maximum atomic E-state index is 4.66. The van der Waals surface area contributed by atoms with Gasteiger partial charge in [-0.15, -0.1) is 0 Å². The van der Waals surface area contributed by atoms with Crippen molar-refractivity contribution >= 4 is 5.82 Å². The Morgan fingerprint density at radius 2 is 2.33 bits per heavy atom. The lowest BCUT2D eigenvalue weighted by Gasteiger charge is -2.24. The summed E-state index contributed by atoms with van der Waals surface area (Å²) in [7, 11) is 0. The lowest BCUT2D eigenvalue weighted by Crippen LogP contribution is -2.38. The summed E-state index contributed by atoms with van der Waals surface area (Å²) in [6.07, 6.45) is 6.85. The van der Waals surface area contributed by atoms with Crippen molar-refractivity contribution in [3.63, 3.8) is 0 Å². The molecule has 1 aliphatic heterocycles. The first kappa shape index (κ1) is 13.9. The molecule has 3 rings (SSSR count). The van der Waals surface area contributed by atoms with Crippen molar-refractivity contribution in [2.45, 2.75) is 32.2 Å². The van der Waals surface area contributed by atoms with Crippen LogP contribution in [0.1, 0.15) is 25.5 Å². The summed E-state index contributed by atoms with van der Waals surface area (Å²) in [5, 5.41) is 6.95. The van der Waals surface area contributed by atoms with Crippen LogP contribution in [0.5, 0.6) is 0 Å². The average molecular weight is 283 g/mol. The molecule has 1 unspecified atom stereocenters. The molecule has 3 heterocycles. The molecule has 1 fully saturated rings. The second-order valence-corrected chi connectivity index (χ2v) is 5.35. The molecule has 0 amide bonds. The van der Waals surface area contributed by atoms with Crippen LogP contribution in [0.2, 0.25) is 0 Å². The van der Waals surface area contributed by atoms with Gasteiger partial charge in [0.05, 0.1) is 0 Å². The number of piperidine rings is 1. The zero-order valence-electron chi connectivity index (χ0n) is 12.3. The van der Waals surface area contributed by atoms with Crippen LogP contribution in [-0.4, -0.2) is 34.1 Å². The second kappa shape index (κ2) is 6.63. The number of aromatic nitrogens is 3. The molecule has 2 aromatic rings. The molecule has 1 aliphatic rings. The van der Waals surface area contributed by atoms with Gasteiger partial charge in [0, 0.05) is 42.3 Å².